The molecule has 1 aliphatic carbocycles. The number of nitrogens with zero attached hydrogens (tertiary/aromatic N) is 4. The summed E-state index contributed by atoms with van der Waals surface area (Å²) in [5.74, 6) is 1.66. The highest BCUT2D eigenvalue weighted by Crippen LogP contribution is 2.41. The largest absolute Gasteiger partial charge is 0.396 e. The summed E-state index contributed by atoms with van der Waals surface area (Å²) in [4.78, 5) is 13.0. The van der Waals surface area contributed by atoms with E-state index in [4.69, 9.17) is 0 Å². The molecule has 1 aliphatic rings. The van der Waals surface area contributed by atoms with E-state index in [9.17, 15) is 5.11 Å². The maximum Gasteiger partial charge on any atom is 0.226 e. The number of aliphatic hydroxyl groups is 1. The Kier molecular flexibility index (Phi) is 3.94. The van der Waals surface area contributed by atoms with Gasteiger partial charge in [0.2, 0.25) is 5.95 Å². The monoisotopic (exact) mass is 264 g/mol. The molecule has 0 spiro atoms. The molecule has 1 fully saturated rings. The fourth-order valence-corrected chi connectivity index (χ4v) is 2.56. The van der Waals surface area contributed by atoms with E-state index in [1.54, 1.807) is 0 Å². The average Bonchev–Trinajstić information content (AvgIpc) is 2.32. The Morgan fingerprint density at radius 1 is 1.26 bits per heavy atom. The standard InChI is InChI=1S/C14H24N4O/c1-11-8-12(16-13(15-11)17(2)3)18(4)9-14(10-19)6-5-7-14/h8,19H,5-7,9-10H2,1-4H3. The van der Waals surface area contributed by atoms with Crippen molar-refractivity contribution >= 4 is 11.8 Å². The van der Waals surface area contributed by atoms with Crippen LogP contribution in [0.5, 0.6) is 0 Å². The van der Waals surface area contributed by atoms with Crippen molar-refractivity contribution in [2.45, 2.75) is 26.2 Å². The molecular weight excluding hydrogens is 240 g/mol. The molecule has 0 amide bonds. The lowest BCUT2D eigenvalue weighted by Crippen LogP contribution is -2.44. The van der Waals surface area contributed by atoms with Gasteiger partial charge in [0.25, 0.3) is 0 Å². The lowest BCUT2D eigenvalue weighted by molar-refractivity contribution is 0.0523. The van der Waals surface area contributed by atoms with Crippen molar-refractivity contribution in [3.8, 4) is 0 Å². The van der Waals surface area contributed by atoms with Crippen LogP contribution in [0.25, 0.3) is 0 Å². The lowest BCUT2D eigenvalue weighted by Gasteiger charge is -2.43. The van der Waals surface area contributed by atoms with Crippen molar-refractivity contribution in [1.82, 2.24) is 9.97 Å². The van der Waals surface area contributed by atoms with Gasteiger partial charge in [-0.2, -0.15) is 4.98 Å². The minimum absolute atomic E-state index is 0.0753. The molecule has 1 N–H and O–H groups in total. The maximum atomic E-state index is 9.56. The van der Waals surface area contributed by atoms with Crippen molar-refractivity contribution in [3.63, 3.8) is 0 Å². The molecule has 0 radical (unpaired) electrons. The fourth-order valence-electron chi connectivity index (χ4n) is 2.56. The Hall–Kier alpha value is -1.36. The van der Waals surface area contributed by atoms with Gasteiger partial charge in [-0.05, 0) is 19.8 Å². The molecular formula is C14H24N4O. The first kappa shape index (κ1) is 14.1. The molecule has 0 aromatic carbocycles. The molecule has 1 saturated carbocycles. The normalized spacial score (nSPS) is 16.9. The van der Waals surface area contributed by atoms with Crippen LogP contribution in [-0.2, 0) is 0 Å². The Bertz CT molecular complexity index is 438. The number of hydrogen-bond donors (Lipinski definition) is 1. The highest BCUT2D eigenvalue weighted by Gasteiger charge is 2.37. The van der Waals surface area contributed by atoms with Crippen LogP contribution < -0.4 is 9.80 Å². The first-order valence-corrected chi connectivity index (χ1v) is 6.81. The number of hydrogen-bond acceptors (Lipinski definition) is 5. The highest BCUT2D eigenvalue weighted by molar-refractivity contribution is 5.45. The van der Waals surface area contributed by atoms with Crippen molar-refractivity contribution in [3.05, 3.63) is 11.8 Å². The topological polar surface area (TPSA) is 52.5 Å². The van der Waals surface area contributed by atoms with Crippen molar-refractivity contribution in [2.24, 2.45) is 5.41 Å². The second kappa shape index (κ2) is 5.33. The van der Waals surface area contributed by atoms with Crippen LogP contribution in [0.15, 0.2) is 6.07 Å². The van der Waals surface area contributed by atoms with Crippen molar-refractivity contribution < 1.29 is 5.11 Å². The van der Waals surface area contributed by atoms with Gasteiger partial charge in [-0.25, -0.2) is 4.98 Å². The third-order valence-corrected chi connectivity index (χ3v) is 3.94. The zero-order valence-corrected chi connectivity index (χ0v) is 12.3. The predicted octanol–water partition coefficient (Wildman–Crippen LogP) is 1.45. The van der Waals surface area contributed by atoms with Gasteiger partial charge in [0.05, 0.1) is 6.61 Å². The molecule has 1 aromatic heterocycles. The Morgan fingerprint density at radius 2 is 1.95 bits per heavy atom. The summed E-state index contributed by atoms with van der Waals surface area (Å²) < 4.78 is 0. The first-order valence-electron chi connectivity index (χ1n) is 6.81. The third kappa shape index (κ3) is 2.97. The number of aliphatic hydroxyl groups excluding tert-OH is 1. The third-order valence-electron chi connectivity index (χ3n) is 3.94. The van der Waals surface area contributed by atoms with Gasteiger partial charge in [0.15, 0.2) is 0 Å². The molecule has 106 valence electrons. The average molecular weight is 264 g/mol. The van der Waals surface area contributed by atoms with E-state index < -0.39 is 0 Å². The molecule has 5 nitrogen and oxygen atoms in total. The second-order valence-corrected chi connectivity index (χ2v) is 5.93. The molecule has 5 heteroatoms. The number of anilines is 2. The molecule has 0 atom stereocenters. The predicted molar refractivity (Wildman–Crippen MR) is 77.7 cm³/mol. The van der Waals surface area contributed by atoms with Crippen molar-refractivity contribution in [1.29, 1.82) is 0 Å². The summed E-state index contributed by atoms with van der Waals surface area (Å²) in [6.07, 6.45) is 3.44. The van der Waals surface area contributed by atoms with Gasteiger partial charge in [-0.15, -0.1) is 0 Å². The zero-order valence-electron chi connectivity index (χ0n) is 12.3. The molecule has 0 aliphatic heterocycles. The van der Waals surface area contributed by atoms with Crippen LogP contribution in [0.2, 0.25) is 0 Å². The second-order valence-electron chi connectivity index (χ2n) is 5.93. The van der Waals surface area contributed by atoms with Gasteiger partial charge in [-0.3, -0.25) is 0 Å². The molecule has 0 unspecified atom stereocenters. The molecule has 1 aromatic rings. The minimum Gasteiger partial charge on any atom is -0.396 e. The van der Waals surface area contributed by atoms with E-state index in [-0.39, 0.29) is 12.0 Å². The Balaban J connectivity index is 2.16. The van der Waals surface area contributed by atoms with E-state index in [1.807, 2.05) is 39.0 Å². The van der Waals surface area contributed by atoms with Crippen LogP contribution in [0.1, 0.15) is 25.0 Å². The summed E-state index contributed by atoms with van der Waals surface area (Å²) in [6.45, 7) is 3.10. The SMILES string of the molecule is Cc1cc(N(C)CC2(CO)CCC2)nc(N(C)C)n1. The molecule has 1 heterocycles. The van der Waals surface area contributed by atoms with Crippen LogP contribution in [0, 0.1) is 12.3 Å². The van der Waals surface area contributed by atoms with Gasteiger partial charge in [0.1, 0.15) is 5.82 Å². The number of aromatic nitrogens is 2. The van der Waals surface area contributed by atoms with E-state index in [0.29, 0.717) is 0 Å². The lowest BCUT2D eigenvalue weighted by atomic mass is 9.69. The number of aryl methyl sites for hydroxylation is 1. The summed E-state index contributed by atoms with van der Waals surface area (Å²) in [5.41, 5.74) is 1.04. The van der Waals surface area contributed by atoms with E-state index >= 15 is 0 Å². The quantitative estimate of drug-likeness (QED) is 0.872. The molecule has 0 saturated heterocycles. The maximum absolute atomic E-state index is 9.56. The van der Waals surface area contributed by atoms with Crippen LogP contribution in [0.3, 0.4) is 0 Å². The Morgan fingerprint density at radius 3 is 2.42 bits per heavy atom. The molecule has 0 bridgehead atoms. The highest BCUT2D eigenvalue weighted by atomic mass is 16.3. The number of rotatable bonds is 5. The fraction of sp³-hybridized carbons (Fsp3) is 0.714. The minimum atomic E-state index is 0.0753. The molecule has 19 heavy (non-hydrogen) atoms. The smallest absolute Gasteiger partial charge is 0.226 e. The zero-order chi connectivity index (χ0) is 14.0. The van der Waals surface area contributed by atoms with Gasteiger partial charge >= 0.3 is 0 Å². The summed E-state index contributed by atoms with van der Waals surface area (Å²) in [5, 5.41) is 9.56. The van der Waals surface area contributed by atoms with Crippen LogP contribution in [0.4, 0.5) is 11.8 Å². The summed E-state index contributed by atoms with van der Waals surface area (Å²) in [7, 11) is 5.93. The Labute approximate surface area is 115 Å². The van der Waals surface area contributed by atoms with Gasteiger partial charge < -0.3 is 14.9 Å². The van der Waals surface area contributed by atoms with Crippen molar-refractivity contribution in [2.75, 3.05) is 44.1 Å². The van der Waals surface area contributed by atoms with E-state index in [2.05, 4.69) is 14.9 Å². The van der Waals surface area contributed by atoms with E-state index in [0.717, 1.165) is 36.8 Å². The summed E-state index contributed by atoms with van der Waals surface area (Å²) >= 11 is 0. The molecule has 2 rings (SSSR count). The van der Waals surface area contributed by atoms with Gasteiger partial charge in [0, 0.05) is 44.9 Å². The van der Waals surface area contributed by atoms with Crippen LogP contribution in [-0.4, -0.2) is 49.4 Å². The van der Waals surface area contributed by atoms with E-state index in [1.165, 1.54) is 6.42 Å². The summed E-state index contributed by atoms with van der Waals surface area (Å²) in [6, 6.07) is 2.00. The first-order chi connectivity index (χ1) is 8.96. The van der Waals surface area contributed by atoms with Gasteiger partial charge in [-0.1, -0.05) is 6.42 Å². The van der Waals surface area contributed by atoms with Crippen LogP contribution >= 0.6 is 0 Å².